The minimum absolute atomic E-state index is 0.135. The summed E-state index contributed by atoms with van der Waals surface area (Å²) in [6.07, 6.45) is 3.44. The van der Waals surface area contributed by atoms with E-state index in [1.807, 2.05) is 20.8 Å². The summed E-state index contributed by atoms with van der Waals surface area (Å²) in [5, 5.41) is 13.7. The summed E-state index contributed by atoms with van der Waals surface area (Å²) < 4.78 is 10.6. The third-order valence-corrected chi connectivity index (χ3v) is 4.46. The molecule has 0 amide bonds. The third-order valence-electron chi connectivity index (χ3n) is 4.46. The van der Waals surface area contributed by atoms with Crippen molar-refractivity contribution in [2.75, 3.05) is 6.54 Å². The van der Waals surface area contributed by atoms with Crippen LogP contribution < -0.4 is 14.8 Å². The van der Waals surface area contributed by atoms with E-state index in [2.05, 4.69) is 26.1 Å². The van der Waals surface area contributed by atoms with Gasteiger partial charge in [0.05, 0.1) is 6.10 Å². The van der Waals surface area contributed by atoms with Crippen LogP contribution in [-0.2, 0) is 9.59 Å². The molecular formula is C24H39NO5. The van der Waals surface area contributed by atoms with Crippen molar-refractivity contribution in [3.05, 3.63) is 23.8 Å². The highest BCUT2D eigenvalue weighted by atomic mass is 16.6. The molecule has 0 radical (unpaired) electrons. The van der Waals surface area contributed by atoms with Gasteiger partial charge in [-0.05, 0) is 56.7 Å². The zero-order valence-electron chi connectivity index (χ0n) is 19.6. The Morgan fingerprint density at radius 1 is 1.00 bits per heavy atom. The highest BCUT2D eigenvalue weighted by Crippen LogP contribution is 2.31. The molecule has 1 aromatic rings. The van der Waals surface area contributed by atoms with Crippen LogP contribution in [0.4, 0.5) is 0 Å². The molecule has 0 heterocycles. The maximum absolute atomic E-state index is 12.2. The molecule has 6 nitrogen and oxygen atoms in total. The van der Waals surface area contributed by atoms with E-state index in [9.17, 15) is 14.7 Å². The van der Waals surface area contributed by atoms with Crippen LogP contribution >= 0.6 is 0 Å². The smallest absolute Gasteiger partial charge is 0.311 e. The highest BCUT2D eigenvalue weighted by molar-refractivity contribution is 5.75. The monoisotopic (exact) mass is 421 g/mol. The molecule has 0 fully saturated rings. The van der Waals surface area contributed by atoms with Gasteiger partial charge >= 0.3 is 11.9 Å². The molecule has 0 aliphatic rings. The lowest BCUT2D eigenvalue weighted by Gasteiger charge is -2.23. The fourth-order valence-electron chi connectivity index (χ4n) is 2.85. The zero-order chi connectivity index (χ0) is 22.9. The summed E-state index contributed by atoms with van der Waals surface area (Å²) in [6, 6.07) is 4.78. The van der Waals surface area contributed by atoms with Crippen LogP contribution in [0, 0.1) is 5.41 Å². The maximum atomic E-state index is 12.2. The fourth-order valence-corrected chi connectivity index (χ4v) is 2.85. The van der Waals surface area contributed by atoms with E-state index in [-0.39, 0.29) is 23.0 Å². The van der Waals surface area contributed by atoms with Crippen molar-refractivity contribution in [2.45, 2.75) is 92.2 Å². The largest absolute Gasteiger partial charge is 0.423 e. The highest BCUT2D eigenvalue weighted by Gasteiger charge is 2.18. The second kappa shape index (κ2) is 11.5. The van der Waals surface area contributed by atoms with Crippen LogP contribution in [0.25, 0.3) is 0 Å². The van der Waals surface area contributed by atoms with Crippen molar-refractivity contribution >= 4 is 11.9 Å². The Bertz CT molecular complexity index is 701. The Morgan fingerprint density at radius 2 is 1.67 bits per heavy atom. The standard InChI is InChI=1S/C24H39NO5/c1-17(26)29-21-15-18(19(27)16-25-24(5,6)7)12-13-20(21)30-22(28)11-9-8-10-14-23(2,3)4/h12-13,15,19,25,27H,8-11,14,16H2,1-7H3. The molecular weight excluding hydrogens is 382 g/mol. The summed E-state index contributed by atoms with van der Waals surface area (Å²) in [6.45, 7) is 14.3. The van der Waals surface area contributed by atoms with E-state index in [1.54, 1.807) is 18.2 Å². The Kier molecular flexibility index (Phi) is 9.98. The minimum Gasteiger partial charge on any atom is -0.423 e. The van der Waals surface area contributed by atoms with Gasteiger partial charge < -0.3 is 19.9 Å². The number of carbonyl (C=O) groups is 2. The molecule has 1 unspecified atom stereocenters. The lowest BCUT2D eigenvalue weighted by Crippen LogP contribution is -2.38. The molecule has 2 N–H and O–H groups in total. The Balaban J connectivity index is 2.71. The van der Waals surface area contributed by atoms with Gasteiger partial charge in [-0.25, -0.2) is 0 Å². The van der Waals surface area contributed by atoms with Gasteiger partial charge in [-0.3, -0.25) is 9.59 Å². The van der Waals surface area contributed by atoms with Crippen molar-refractivity contribution in [1.29, 1.82) is 0 Å². The van der Waals surface area contributed by atoms with Gasteiger partial charge in [0.1, 0.15) is 0 Å². The quantitative estimate of drug-likeness (QED) is 0.316. The van der Waals surface area contributed by atoms with Crippen molar-refractivity contribution in [1.82, 2.24) is 5.32 Å². The van der Waals surface area contributed by atoms with E-state index in [0.717, 1.165) is 25.7 Å². The number of benzene rings is 1. The summed E-state index contributed by atoms with van der Waals surface area (Å²) in [4.78, 5) is 23.7. The number of hydrogen-bond acceptors (Lipinski definition) is 6. The molecule has 0 aliphatic carbocycles. The number of esters is 2. The first-order valence-electron chi connectivity index (χ1n) is 10.7. The molecule has 0 saturated heterocycles. The first kappa shape index (κ1) is 26.1. The predicted octanol–water partition coefficient (Wildman–Crippen LogP) is 4.94. The molecule has 1 aromatic carbocycles. The first-order chi connectivity index (χ1) is 13.8. The number of aliphatic hydroxyl groups excluding tert-OH is 1. The van der Waals surface area contributed by atoms with Crippen molar-refractivity contribution in [3.8, 4) is 11.5 Å². The fraction of sp³-hybridized carbons (Fsp3) is 0.667. The number of β-amino-alcohol motifs (C(OH)–C–C–N with tert-alkyl or cyclic N) is 1. The van der Waals surface area contributed by atoms with Gasteiger partial charge in [0.25, 0.3) is 0 Å². The molecule has 0 saturated carbocycles. The Hall–Kier alpha value is -1.92. The molecule has 1 rings (SSSR count). The predicted molar refractivity (Wildman–Crippen MR) is 119 cm³/mol. The first-order valence-corrected chi connectivity index (χ1v) is 10.7. The average Bonchev–Trinajstić information content (AvgIpc) is 2.58. The Labute approximate surface area is 181 Å². The van der Waals surface area contributed by atoms with Crippen molar-refractivity contribution < 1.29 is 24.2 Å². The molecule has 30 heavy (non-hydrogen) atoms. The summed E-state index contributed by atoms with van der Waals surface area (Å²) in [7, 11) is 0. The van der Waals surface area contributed by atoms with Crippen molar-refractivity contribution in [3.63, 3.8) is 0 Å². The second-order valence-corrected chi connectivity index (χ2v) is 10.0. The number of nitrogens with one attached hydrogen (secondary N) is 1. The van der Waals surface area contributed by atoms with E-state index < -0.39 is 12.1 Å². The molecule has 6 heteroatoms. The number of aliphatic hydroxyl groups is 1. The van der Waals surface area contributed by atoms with Crippen LogP contribution in [0.1, 0.15) is 92.2 Å². The number of carbonyl (C=O) groups excluding carboxylic acids is 2. The maximum Gasteiger partial charge on any atom is 0.311 e. The minimum atomic E-state index is -0.786. The molecule has 0 spiro atoms. The third kappa shape index (κ3) is 11.3. The van der Waals surface area contributed by atoms with Crippen LogP contribution in [0.2, 0.25) is 0 Å². The molecule has 0 bridgehead atoms. The zero-order valence-corrected chi connectivity index (χ0v) is 19.6. The summed E-state index contributed by atoms with van der Waals surface area (Å²) in [5.74, 6) is -0.559. The van der Waals surface area contributed by atoms with Crippen LogP contribution in [0.5, 0.6) is 11.5 Å². The van der Waals surface area contributed by atoms with Gasteiger partial charge in [0.2, 0.25) is 0 Å². The van der Waals surface area contributed by atoms with E-state index in [4.69, 9.17) is 9.47 Å². The number of rotatable bonds is 10. The molecule has 0 aromatic heterocycles. The van der Waals surface area contributed by atoms with E-state index in [1.165, 1.54) is 6.92 Å². The van der Waals surface area contributed by atoms with Crippen LogP contribution in [-0.4, -0.2) is 29.1 Å². The topological polar surface area (TPSA) is 84.9 Å². The Morgan fingerprint density at radius 3 is 2.23 bits per heavy atom. The summed E-state index contributed by atoms with van der Waals surface area (Å²) >= 11 is 0. The normalized spacial score (nSPS) is 13.1. The van der Waals surface area contributed by atoms with Gasteiger partial charge in [-0.15, -0.1) is 0 Å². The van der Waals surface area contributed by atoms with Crippen LogP contribution in [0.3, 0.4) is 0 Å². The molecule has 170 valence electrons. The van der Waals surface area contributed by atoms with Crippen LogP contribution in [0.15, 0.2) is 18.2 Å². The van der Waals surface area contributed by atoms with E-state index >= 15 is 0 Å². The summed E-state index contributed by atoms with van der Waals surface area (Å²) in [5.41, 5.74) is 0.737. The lowest BCUT2D eigenvalue weighted by atomic mass is 9.89. The number of ether oxygens (including phenoxy) is 2. The number of hydrogen-bond donors (Lipinski definition) is 2. The van der Waals surface area contributed by atoms with Crippen molar-refractivity contribution in [2.24, 2.45) is 5.41 Å². The molecule has 0 aliphatic heterocycles. The molecule has 1 atom stereocenters. The van der Waals surface area contributed by atoms with Gasteiger partial charge in [0, 0.05) is 25.4 Å². The van der Waals surface area contributed by atoms with E-state index in [0.29, 0.717) is 23.9 Å². The SMILES string of the molecule is CC(=O)Oc1cc(C(O)CNC(C)(C)C)ccc1OC(=O)CCCCCC(C)(C)C. The number of unbranched alkanes of at least 4 members (excludes halogenated alkanes) is 2. The second-order valence-electron chi connectivity index (χ2n) is 10.0. The lowest BCUT2D eigenvalue weighted by molar-refractivity contribution is -0.136. The van der Waals surface area contributed by atoms with Gasteiger partial charge in [-0.2, -0.15) is 0 Å². The average molecular weight is 422 g/mol. The van der Waals surface area contributed by atoms with Gasteiger partial charge in [-0.1, -0.05) is 39.7 Å². The van der Waals surface area contributed by atoms with Gasteiger partial charge in [0.15, 0.2) is 11.5 Å².